The molecule has 0 spiro atoms. The molecule has 0 unspecified atom stereocenters. The van der Waals surface area contributed by atoms with Crippen LogP contribution >= 0.6 is 11.6 Å². The third kappa shape index (κ3) is 3.08. The number of benzene rings is 1. The third-order valence-corrected chi connectivity index (χ3v) is 2.54. The normalized spacial score (nSPS) is 11.6. The van der Waals surface area contributed by atoms with Crippen LogP contribution in [0.15, 0.2) is 12.1 Å². The first-order valence-electron chi connectivity index (χ1n) is 4.79. The van der Waals surface area contributed by atoms with Gasteiger partial charge in [0.25, 0.3) is 0 Å². The number of hydrogen-bond acceptors (Lipinski definition) is 2. The molecular formula is C11H16ClFN2. The molecule has 0 heterocycles. The summed E-state index contributed by atoms with van der Waals surface area (Å²) in [4.78, 5) is 0. The van der Waals surface area contributed by atoms with Crippen LogP contribution in [-0.4, -0.2) is 12.1 Å². The number of hydrogen-bond donors (Lipinski definition) is 2. The van der Waals surface area contributed by atoms with Gasteiger partial charge >= 0.3 is 0 Å². The van der Waals surface area contributed by atoms with Gasteiger partial charge in [0.05, 0.1) is 10.7 Å². The summed E-state index contributed by atoms with van der Waals surface area (Å²) in [6.07, 6.45) is 0. The zero-order valence-electron chi connectivity index (χ0n) is 9.20. The van der Waals surface area contributed by atoms with E-state index in [4.69, 9.17) is 17.3 Å². The van der Waals surface area contributed by atoms with Crippen molar-refractivity contribution in [3.8, 4) is 0 Å². The molecule has 0 atom stereocenters. The van der Waals surface area contributed by atoms with E-state index in [0.717, 1.165) is 0 Å². The number of nitrogens with one attached hydrogen (secondary N) is 1. The molecule has 1 rings (SSSR count). The Morgan fingerprint density at radius 2 is 2.07 bits per heavy atom. The van der Waals surface area contributed by atoms with Crippen molar-refractivity contribution in [3.05, 3.63) is 28.5 Å². The molecule has 0 amide bonds. The van der Waals surface area contributed by atoms with Crippen LogP contribution in [0.25, 0.3) is 0 Å². The Balaban J connectivity index is 3.01. The van der Waals surface area contributed by atoms with E-state index in [1.165, 1.54) is 6.07 Å². The van der Waals surface area contributed by atoms with Crippen LogP contribution in [-0.2, 0) is 0 Å². The second kappa shape index (κ2) is 4.37. The van der Waals surface area contributed by atoms with E-state index in [1.54, 1.807) is 13.0 Å². The molecule has 0 saturated carbocycles. The molecule has 1 aromatic carbocycles. The Morgan fingerprint density at radius 3 is 2.60 bits per heavy atom. The van der Waals surface area contributed by atoms with E-state index in [2.05, 4.69) is 5.32 Å². The van der Waals surface area contributed by atoms with Gasteiger partial charge < -0.3 is 11.1 Å². The molecule has 3 N–H and O–H groups in total. The van der Waals surface area contributed by atoms with Crippen molar-refractivity contribution in [1.82, 2.24) is 0 Å². The van der Waals surface area contributed by atoms with Gasteiger partial charge in [-0.15, -0.1) is 0 Å². The molecule has 0 saturated heterocycles. The first kappa shape index (κ1) is 12.3. The molecule has 0 aromatic heterocycles. The summed E-state index contributed by atoms with van der Waals surface area (Å²) in [7, 11) is 0. The SMILES string of the molecule is Cc1cc(Cl)c(NC(C)(C)CN)cc1F. The number of nitrogens with two attached hydrogens (primary N) is 1. The minimum absolute atomic E-state index is 0.269. The van der Waals surface area contributed by atoms with Crippen molar-refractivity contribution in [3.63, 3.8) is 0 Å². The van der Waals surface area contributed by atoms with Crippen molar-refractivity contribution >= 4 is 17.3 Å². The summed E-state index contributed by atoms with van der Waals surface area (Å²) in [6, 6.07) is 3.00. The lowest BCUT2D eigenvalue weighted by molar-refractivity contribution is 0.577. The first-order valence-corrected chi connectivity index (χ1v) is 5.17. The number of halogens is 2. The summed E-state index contributed by atoms with van der Waals surface area (Å²) >= 11 is 5.99. The van der Waals surface area contributed by atoms with Gasteiger partial charge in [0, 0.05) is 12.1 Å². The molecule has 15 heavy (non-hydrogen) atoms. The van der Waals surface area contributed by atoms with Crippen molar-refractivity contribution in [2.45, 2.75) is 26.3 Å². The van der Waals surface area contributed by atoms with Crippen molar-refractivity contribution in [2.24, 2.45) is 5.73 Å². The average molecular weight is 231 g/mol. The lowest BCUT2D eigenvalue weighted by atomic mass is 10.1. The van der Waals surface area contributed by atoms with Crippen LogP contribution < -0.4 is 11.1 Å². The topological polar surface area (TPSA) is 38.0 Å². The molecule has 1 aromatic rings. The van der Waals surface area contributed by atoms with Gasteiger partial charge in [-0.25, -0.2) is 4.39 Å². The van der Waals surface area contributed by atoms with Gasteiger partial charge in [-0.1, -0.05) is 11.6 Å². The highest BCUT2D eigenvalue weighted by Gasteiger charge is 2.17. The van der Waals surface area contributed by atoms with Crippen LogP contribution in [0.4, 0.5) is 10.1 Å². The Hall–Kier alpha value is -0.800. The Bertz CT molecular complexity index is 364. The zero-order chi connectivity index (χ0) is 11.6. The molecule has 2 nitrogen and oxygen atoms in total. The third-order valence-electron chi connectivity index (χ3n) is 2.23. The largest absolute Gasteiger partial charge is 0.378 e. The van der Waals surface area contributed by atoms with Crippen molar-refractivity contribution < 1.29 is 4.39 Å². The van der Waals surface area contributed by atoms with Gasteiger partial charge in [-0.2, -0.15) is 0 Å². The average Bonchev–Trinajstić information content (AvgIpc) is 2.14. The summed E-state index contributed by atoms with van der Waals surface area (Å²) in [5, 5.41) is 3.62. The van der Waals surface area contributed by atoms with Crippen LogP contribution in [0.2, 0.25) is 5.02 Å². The highest BCUT2D eigenvalue weighted by atomic mass is 35.5. The smallest absolute Gasteiger partial charge is 0.128 e. The fourth-order valence-electron chi connectivity index (χ4n) is 1.16. The summed E-state index contributed by atoms with van der Waals surface area (Å²) < 4.78 is 13.3. The Morgan fingerprint density at radius 1 is 1.47 bits per heavy atom. The quantitative estimate of drug-likeness (QED) is 0.838. The van der Waals surface area contributed by atoms with E-state index < -0.39 is 0 Å². The lowest BCUT2D eigenvalue weighted by Gasteiger charge is -2.26. The molecule has 0 aliphatic heterocycles. The highest BCUT2D eigenvalue weighted by molar-refractivity contribution is 6.33. The second-order valence-corrected chi connectivity index (χ2v) is 4.70. The van der Waals surface area contributed by atoms with E-state index >= 15 is 0 Å². The fourth-order valence-corrected chi connectivity index (χ4v) is 1.42. The van der Waals surface area contributed by atoms with Crippen molar-refractivity contribution in [2.75, 3.05) is 11.9 Å². The minimum Gasteiger partial charge on any atom is -0.378 e. The summed E-state index contributed by atoms with van der Waals surface area (Å²) in [6.45, 7) is 5.99. The molecule has 4 heteroatoms. The van der Waals surface area contributed by atoms with Crippen LogP contribution in [0, 0.1) is 12.7 Å². The first-order chi connectivity index (χ1) is 6.85. The molecule has 0 fully saturated rings. The predicted octanol–water partition coefficient (Wildman–Crippen LogP) is 2.94. The monoisotopic (exact) mass is 230 g/mol. The van der Waals surface area contributed by atoms with Crippen LogP contribution in [0.3, 0.4) is 0 Å². The van der Waals surface area contributed by atoms with E-state index in [9.17, 15) is 4.39 Å². The van der Waals surface area contributed by atoms with Crippen LogP contribution in [0.5, 0.6) is 0 Å². The zero-order valence-corrected chi connectivity index (χ0v) is 9.95. The molecule has 0 radical (unpaired) electrons. The molecule has 0 aliphatic rings. The van der Waals surface area contributed by atoms with Gasteiger partial charge in [0.15, 0.2) is 0 Å². The maximum atomic E-state index is 13.3. The van der Waals surface area contributed by atoms with Crippen LogP contribution in [0.1, 0.15) is 19.4 Å². The molecule has 0 aliphatic carbocycles. The highest BCUT2D eigenvalue weighted by Crippen LogP contribution is 2.27. The minimum atomic E-state index is -0.300. The number of aryl methyl sites for hydroxylation is 1. The molecule has 84 valence electrons. The second-order valence-electron chi connectivity index (χ2n) is 4.29. The number of anilines is 1. The Labute approximate surface area is 94.6 Å². The lowest BCUT2D eigenvalue weighted by Crippen LogP contribution is -2.39. The summed E-state index contributed by atoms with van der Waals surface area (Å²) in [5.41, 5.74) is 6.39. The number of rotatable bonds is 3. The standard InChI is InChI=1S/C11H16ClFN2/c1-7-4-8(12)10(5-9(7)13)15-11(2,3)6-14/h4-5,15H,6,14H2,1-3H3. The van der Waals surface area contributed by atoms with E-state index in [0.29, 0.717) is 22.8 Å². The van der Waals surface area contributed by atoms with Crippen molar-refractivity contribution in [1.29, 1.82) is 0 Å². The van der Waals surface area contributed by atoms with Gasteiger partial charge in [-0.05, 0) is 38.5 Å². The van der Waals surface area contributed by atoms with Gasteiger partial charge in [0.2, 0.25) is 0 Å². The Kier molecular flexibility index (Phi) is 3.58. The van der Waals surface area contributed by atoms with Gasteiger partial charge in [-0.3, -0.25) is 0 Å². The summed E-state index contributed by atoms with van der Waals surface area (Å²) in [5.74, 6) is -0.269. The maximum Gasteiger partial charge on any atom is 0.128 e. The van der Waals surface area contributed by atoms with E-state index in [-0.39, 0.29) is 11.4 Å². The fraction of sp³-hybridized carbons (Fsp3) is 0.455. The maximum absolute atomic E-state index is 13.3. The van der Waals surface area contributed by atoms with E-state index in [1.807, 2.05) is 13.8 Å². The molecule has 0 bridgehead atoms. The predicted molar refractivity (Wildman–Crippen MR) is 62.9 cm³/mol. The molecular weight excluding hydrogens is 215 g/mol. The van der Waals surface area contributed by atoms with Gasteiger partial charge in [0.1, 0.15) is 5.82 Å².